The van der Waals surface area contributed by atoms with E-state index < -0.39 is 0 Å². The Morgan fingerprint density at radius 1 is 1.39 bits per heavy atom. The van der Waals surface area contributed by atoms with Crippen LogP contribution in [-0.4, -0.2) is 18.8 Å². The van der Waals surface area contributed by atoms with Gasteiger partial charge in [-0.25, -0.2) is 0 Å². The largest absolute Gasteiger partial charge is 0.316 e. The smallest absolute Gasteiger partial charge is 0.0144 e. The number of benzene rings is 1. The van der Waals surface area contributed by atoms with E-state index in [1.54, 1.807) is 5.56 Å². The van der Waals surface area contributed by atoms with Gasteiger partial charge in [-0.05, 0) is 31.0 Å². The minimum Gasteiger partial charge on any atom is -0.316 e. The number of hydrogen-bond donors (Lipinski definition) is 1. The third kappa shape index (κ3) is 3.10. The lowest BCUT2D eigenvalue weighted by Crippen LogP contribution is -2.34. The van der Waals surface area contributed by atoms with Gasteiger partial charge in [-0.2, -0.15) is 0 Å². The van der Waals surface area contributed by atoms with Crippen molar-refractivity contribution in [1.82, 2.24) is 5.32 Å². The van der Waals surface area contributed by atoms with Crippen molar-refractivity contribution in [2.24, 2.45) is 5.92 Å². The Bertz CT molecular complexity index is 377. The summed E-state index contributed by atoms with van der Waals surface area (Å²) in [6.07, 6.45) is 3.94. The SMILES string of the molecule is CCCC(C)CC(NC)C1CSc2ccccc21. The number of hydrogen-bond acceptors (Lipinski definition) is 2. The Kier molecular flexibility index (Phi) is 5.13. The molecule has 2 rings (SSSR count). The first-order valence-electron chi connectivity index (χ1n) is 7.15. The van der Waals surface area contributed by atoms with Gasteiger partial charge in [0, 0.05) is 22.6 Å². The quantitative estimate of drug-likeness (QED) is 0.821. The summed E-state index contributed by atoms with van der Waals surface area (Å²) in [4.78, 5) is 1.49. The monoisotopic (exact) mass is 263 g/mol. The average molecular weight is 263 g/mol. The second-order valence-electron chi connectivity index (χ2n) is 5.48. The summed E-state index contributed by atoms with van der Waals surface area (Å²) >= 11 is 2.02. The molecule has 0 radical (unpaired) electrons. The van der Waals surface area contributed by atoms with Crippen molar-refractivity contribution in [3.05, 3.63) is 29.8 Å². The molecule has 0 saturated carbocycles. The molecule has 1 heterocycles. The molecule has 0 aromatic heterocycles. The minimum atomic E-state index is 0.628. The summed E-state index contributed by atoms with van der Waals surface area (Å²) in [7, 11) is 2.12. The van der Waals surface area contributed by atoms with Crippen molar-refractivity contribution in [3.63, 3.8) is 0 Å². The van der Waals surface area contributed by atoms with E-state index >= 15 is 0 Å². The van der Waals surface area contributed by atoms with Crippen LogP contribution in [0.15, 0.2) is 29.2 Å². The van der Waals surface area contributed by atoms with Crippen LogP contribution in [0.3, 0.4) is 0 Å². The van der Waals surface area contributed by atoms with Crippen LogP contribution in [0.1, 0.15) is 44.6 Å². The number of likely N-dealkylation sites (N-methyl/N-ethyl adjacent to an activating group) is 1. The minimum absolute atomic E-state index is 0.628. The maximum absolute atomic E-state index is 3.56. The average Bonchev–Trinajstić information content (AvgIpc) is 2.80. The first-order chi connectivity index (χ1) is 8.76. The van der Waals surface area contributed by atoms with Crippen LogP contribution in [-0.2, 0) is 0 Å². The van der Waals surface area contributed by atoms with Gasteiger partial charge >= 0.3 is 0 Å². The molecule has 3 unspecified atom stereocenters. The molecule has 3 atom stereocenters. The van der Waals surface area contributed by atoms with Crippen LogP contribution in [0.2, 0.25) is 0 Å². The van der Waals surface area contributed by atoms with E-state index in [-0.39, 0.29) is 0 Å². The zero-order valence-corrected chi connectivity index (χ0v) is 12.6. The molecule has 1 aliphatic heterocycles. The van der Waals surface area contributed by atoms with Gasteiger partial charge in [-0.3, -0.25) is 0 Å². The molecular formula is C16H25NS. The Balaban J connectivity index is 2.06. The molecule has 1 aliphatic rings. The molecule has 100 valence electrons. The van der Waals surface area contributed by atoms with E-state index in [1.165, 1.54) is 29.9 Å². The summed E-state index contributed by atoms with van der Waals surface area (Å²) in [6.45, 7) is 4.67. The van der Waals surface area contributed by atoms with Gasteiger partial charge in [0.15, 0.2) is 0 Å². The van der Waals surface area contributed by atoms with Crippen LogP contribution < -0.4 is 5.32 Å². The molecule has 1 nitrogen and oxygen atoms in total. The van der Waals surface area contributed by atoms with E-state index in [4.69, 9.17) is 0 Å². The molecule has 0 fully saturated rings. The van der Waals surface area contributed by atoms with Gasteiger partial charge in [0.2, 0.25) is 0 Å². The van der Waals surface area contributed by atoms with E-state index in [0.717, 1.165) is 5.92 Å². The summed E-state index contributed by atoms with van der Waals surface area (Å²) < 4.78 is 0. The standard InChI is InChI=1S/C16H25NS/c1-4-7-12(2)10-15(17-3)14-11-18-16-9-6-5-8-13(14)16/h5-6,8-9,12,14-15,17H,4,7,10-11H2,1-3H3. The van der Waals surface area contributed by atoms with Crippen molar-refractivity contribution in [3.8, 4) is 0 Å². The Labute approximate surface area is 116 Å². The van der Waals surface area contributed by atoms with Gasteiger partial charge in [-0.1, -0.05) is 44.9 Å². The van der Waals surface area contributed by atoms with Crippen molar-refractivity contribution in [1.29, 1.82) is 0 Å². The molecular weight excluding hydrogens is 238 g/mol. The number of fused-ring (bicyclic) bond motifs is 1. The summed E-state index contributed by atoms with van der Waals surface area (Å²) in [6, 6.07) is 9.54. The van der Waals surface area contributed by atoms with Crippen LogP contribution in [0.4, 0.5) is 0 Å². The first kappa shape index (κ1) is 14.0. The van der Waals surface area contributed by atoms with E-state index in [9.17, 15) is 0 Å². The first-order valence-corrected chi connectivity index (χ1v) is 8.13. The Morgan fingerprint density at radius 3 is 2.89 bits per heavy atom. The fourth-order valence-corrected chi connectivity index (χ4v) is 4.38. The lowest BCUT2D eigenvalue weighted by Gasteiger charge is -2.26. The summed E-state index contributed by atoms with van der Waals surface area (Å²) in [5.74, 6) is 2.75. The highest BCUT2D eigenvalue weighted by Gasteiger charge is 2.29. The van der Waals surface area contributed by atoms with Crippen LogP contribution in [0.5, 0.6) is 0 Å². The maximum atomic E-state index is 3.56. The van der Waals surface area contributed by atoms with Crippen LogP contribution >= 0.6 is 11.8 Å². The van der Waals surface area contributed by atoms with Crippen LogP contribution in [0, 0.1) is 5.92 Å². The Morgan fingerprint density at radius 2 is 2.17 bits per heavy atom. The Hall–Kier alpha value is -0.470. The maximum Gasteiger partial charge on any atom is 0.0144 e. The highest BCUT2D eigenvalue weighted by atomic mass is 32.2. The molecule has 0 saturated heterocycles. The lowest BCUT2D eigenvalue weighted by atomic mass is 9.86. The highest BCUT2D eigenvalue weighted by Crippen LogP contribution is 2.42. The molecule has 0 amide bonds. The van der Waals surface area contributed by atoms with Crippen molar-refractivity contribution in [2.75, 3.05) is 12.8 Å². The zero-order valence-electron chi connectivity index (χ0n) is 11.8. The third-order valence-electron chi connectivity index (χ3n) is 4.03. The highest BCUT2D eigenvalue weighted by molar-refractivity contribution is 7.99. The summed E-state index contributed by atoms with van der Waals surface area (Å²) in [5, 5.41) is 3.56. The van der Waals surface area contributed by atoms with E-state index in [2.05, 4.69) is 50.5 Å². The molecule has 1 aromatic rings. The number of rotatable bonds is 6. The van der Waals surface area contributed by atoms with Crippen molar-refractivity contribution in [2.45, 2.75) is 50.0 Å². The van der Waals surface area contributed by atoms with Gasteiger partial charge in [0.05, 0.1) is 0 Å². The predicted octanol–water partition coefficient (Wildman–Crippen LogP) is 4.29. The summed E-state index contributed by atoms with van der Waals surface area (Å²) in [5.41, 5.74) is 1.56. The third-order valence-corrected chi connectivity index (χ3v) is 5.24. The van der Waals surface area contributed by atoms with Gasteiger partial charge in [0.1, 0.15) is 0 Å². The molecule has 18 heavy (non-hydrogen) atoms. The van der Waals surface area contributed by atoms with Crippen molar-refractivity contribution < 1.29 is 0 Å². The lowest BCUT2D eigenvalue weighted by molar-refractivity contribution is 0.368. The molecule has 0 bridgehead atoms. The van der Waals surface area contributed by atoms with Gasteiger partial charge < -0.3 is 5.32 Å². The molecule has 1 N–H and O–H groups in total. The van der Waals surface area contributed by atoms with E-state index in [0.29, 0.717) is 12.0 Å². The van der Waals surface area contributed by atoms with Crippen LogP contribution in [0.25, 0.3) is 0 Å². The van der Waals surface area contributed by atoms with Gasteiger partial charge in [-0.15, -0.1) is 11.8 Å². The topological polar surface area (TPSA) is 12.0 Å². The second kappa shape index (κ2) is 6.63. The molecule has 2 heteroatoms. The van der Waals surface area contributed by atoms with Gasteiger partial charge in [0.25, 0.3) is 0 Å². The number of nitrogens with one attached hydrogen (secondary N) is 1. The second-order valence-corrected chi connectivity index (χ2v) is 6.54. The molecule has 0 aliphatic carbocycles. The normalized spacial score (nSPS) is 21.6. The number of thioether (sulfide) groups is 1. The fourth-order valence-electron chi connectivity index (χ4n) is 3.05. The van der Waals surface area contributed by atoms with Crippen molar-refractivity contribution >= 4 is 11.8 Å². The molecule has 0 spiro atoms. The predicted molar refractivity (Wildman–Crippen MR) is 81.4 cm³/mol. The zero-order chi connectivity index (χ0) is 13.0. The molecule has 1 aromatic carbocycles. The van der Waals surface area contributed by atoms with E-state index in [1.807, 2.05) is 11.8 Å². The fraction of sp³-hybridized carbons (Fsp3) is 0.625.